The molecule has 0 fully saturated rings. The highest BCUT2D eigenvalue weighted by Gasteiger charge is 2.10. The summed E-state index contributed by atoms with van der Waals surface area (Å²) in [5.41, 5.74) is 1.18. The molecular formula is C12H21N3S. The monoisotopic (exact) mass is 239 g/mol. The molecule has 1 rings (SSSR count). The van der Waals surface area contributed by atoms with Crippen LogP contribution in [0.4, 0.5) is 0 Å². The molecule has 0 aliphatic rings. The standard InChI is InChI=1S/C12H21N3S/c1-4-15-12(8-16-7-10(2)3)11-5-13-9-14-6-11/h5-6,9-10,12,15H,4,7-8H2,1-3H3. The fourth-order valence-electron chi connectivity index (χ4n) is 1.43. The lowest BCUT2D eigenvalue weighted by molar-refractivity contribution is 0.600. The van der Waals surface area contributed by atoms with Crippen molar-refractivity contribution in [2.75, 3.05) is 18.1 Å². The predicted octanol–water partition coefficient (Wildman–Crippen LogP) is 2.52. The molecule has 1 aromatic heterocycles. The van der Waals surface area contributed by atoms with Crippen LogP contribution in [0.5, 0.6) is 0 Å². The number of aromatic nitrogens is 2. The molecular weight excluding hydrogens is 218 g/mol. The first kappa shape index (κ1) is 13.5. The van der Waals surface area contributed by atoms with E-state index in [0.29, 0.717) is 6.04 Å². The van der Waals surface area contributed by atoms with E-state index < -0.39 is 0 Å². The highest BCUT2D eigenvalue weighted by molar-refractivity contribution is 7.99. The Morgan fingerprint density at radius 3 is 2.50 bits per heavy atom. The molecule has 1 heterocycles. The van der Waals surface area contributed by atoms with E-state index in [1.807, 2.05) is 24.2 Å². The van der Waals surface area contributed by atoms with Gasteiger partial charge in [-0.25, -0.2) is 9.97 Å². The SMILES string of the molecule is CCNC(CSCC(C)C)c1cncnc1. The van der Waals surface area contributed by atoms with Crippen molar-refractivity contribution in [1.29, 1.82) is 0 Å². The fraction of sp³-hybridized carbons (Fsp3) is 0.667. The lowest BCUT2D eigenvalue weighted by Crippen LogP contribution is -2.23. The lowest BCUT2D eigenvalue weighted by Gasteiger charge is -2.17. The zero-order valence-corrected chi connectivity index (χ0v) is 11.1. The Hall–Kier alpha value is -0.610. The second kappa shape index (κ2) is 7.63. The van der Waals surface area contributed by atoms with Gasteiger partial charge in [0.1, 0.15) is 6.33 Å². The van der Waals surface area contributed by atoms with Crippen LogP contribution in [0.25, 0.3) is 0 Å². The smallest absolute Gasteiger partial charge is 0.115 e. The topological polar surface area (TPSA) is 37.8 Å². The van der Waals surface area contributed by atoms with Crippen LogP contribution >= 0.6 is 11.8 Å². The maximum absolute atomic E-state index is 4.07. The minimum atomic E-state index is 0.370. The van der Waals surface area contributed by atoms with Gasteiger partial charge in [-0.15, -0.1) is 0 Å². The largest absolute Gasteiger partial charge is 0.309 e. The Bertz CT molecular complexity index is 277. The molecule has 0 aliphatic heterocycles. The maximum Gasteiger partial charge on any atom is 0.115 e. The van der Waals surface area contributed by atoms with Gasteiger partial charge in [-0.3, -0.25) is 0 Å². The van der Waals surface area contributed by atoms with Crippen molar-refractivity contribution in [3.63, 3.8) is 0 Å². The molecule has 0 amide bonds. The Morgan fingerprint density at radius 1 is 1.25 bits per heavy atom. The molecule has 0 saturated heterocycles. The maximum atomic E-state index is 4.07. The van der Waals surface area contributed by atoms with Crippen molar-refractivity contribution in [3.8, 4) is 0 Å². The summed E-state index contributed by atoms with van der Waals surface area (Å²) in [5.74, 6) is 3.04. The molecule has 3 nitrogen and oxygen atoms in total. The molecule has 0 spiro atoms. The molecule has 16 heavy (non-hydrogen) atoms. The van der Waals surface area contributed by atoms with Crippen LogP contribution in [-0.4, -0.2) is 28.0 Å². The van der Waals surface area contributed by atoms with Gasteiger partial charge in [0.25, 0.3) is 0 Å². The van der Waals surface area contributed by atoms with Gasteiger partial charge >= 0.3 is 0 Å². The number of hydrogen-bond acceptors (Lipinski definition) is 4. The van der Waals surface area contributed by atoms with Gasteiger partial charge in [0.2, 0.25) is 0 Å². The van der Waals surface area contributed by atoms with Gasteiger partial charge in [-0.05, 0) is 18.2 Å². The summed E-state index contributed by atoms with van der Waals surface area (Å²) in [6.45, 7) is 7.60. The molecule has 0 saturated carbocycles. The molecule has 1 aromatic rings. The molecule has 0 radical (unpaired) electrons. The quantitative estimate of drug-likeness (QED) is 0.793. The van der Waals surface area contributed by atoms with Crippen molar-refractivity contribution in [3.05, 3.63) is 24.3 Å². The first-order valence-corrected chi connectivity index (χ1v) is 6.95. The Kier molecular flexibility index (Phi) is 6.42. The van der Waals surface area contributed by atoms with E-state index in [4.69, 9.17) is 0 Å². The highest BCUT2D eigenvalue weighted by atomic mass is 32.2. The first-order valence-electron chi connectivity index (χ1n) is 5.80. The Balaban J connectivity index is 2.48. The lowest BCUT2D eigenvalue weighted by atomic mass is 10.2. The van der Waals surface area contributed by atoms with Crippen LogP contribution in [0, 0.1) is 5.92 Å². The van der Waals surface area contributed by atoms with Crippen molar-refractivity contribution in [2.45, 2.75) is 26.8 Å². The molecule has 1 atom stereocenters. The molecule has 4 heteroatoms. The van der Waals surface area contributed by atoms with E-state index in [1.54, 1.807) is 6.33 Å². The number of thioether (sulfide) groups is 1. The summed E-state index contributed by atoms with van der Waals surface area (Å²) in [7, 11) is 0. The molecule has 0 aromatic carbocycles. The van der Waals surface area contributed by atoms with Gasteiger partial charge in [0, 0.05) is 29.8 Å². The summed E-state index contributed by atoms with van der Waals surface area (Å²) in [6, 6.07) is 0.370. The second-order valence-corrected chi connectivity index (χ2v) is 5.29. The molecule has 1 N–H and O–H groups in total. The van der Waals surface area contributed by atoms with Crippen LogP contribution in [0.15, 0.2) is 18.7 Å². The van der Waals surface area contributed by atoms with Crippen molar-refractivity contribution in [2.24, 2.45) is 5.92 Å². The number of hydrogen-bond donors (Lipinski definition) is 1. The van der Waals surface area contributed by atoms with Gasteiger partial charge in [-0.2, -0.15) is 11.8 Å². The summed E-state index contributed by atoms with van der Waals surface area (Å²) in [6.07, 6.45) is 5.38. The van der Waals surface area contributed by atoms with Gasteiger partial charge in [0.05, 0.1) is 0 Å². The second-order valence-electron chi connectivity index (χ2n) is 4.21. The summed E-state index contributed by atoms with van der Waals surface area (Å²) >= 11 is 1.99. The number of nitrogens with one attached hydrogen (secondary N) is 1. The summed E-state index contributed by atoms with van der Waals surface area (Å²) < 4.78 is 0. The van der Waals surface area contributed by atoms with E-state index in [9.17, 15) is 0 Å². The van der Waals surface area contributed by atoms with E-state index in [0.717, 1.165) is 18.2 Å². The summed E-state index contributed by atoms with van der Waals surface area (Å²) in [4.78, 5) is 8.14. The van der Waals surface area contributed by atoms with Crippen LogP contribution in [0.1, 0.15) is 32.4 Å². The average Bonchev–Trinajstić information content (AvgIpc) is 2.29. The number of nitrogens with zero attached hydrogens (tertiary/aromatic N) is 2. The van der Waals surface area contributed by atoms with E-state index in [1.165, 1.54) is 11.3 Å². The van der Waals surface area contributed by atoms with Crippen LogP contribution in [0.3, 0.4) is 0 Å². The molecule has 1 unspecified atom stereocenters. The van der Waals surface area contributed by atoms with Crippen LogP contribution < -0.4 is 5.32 Å². The Morgan fingerprint density at radius 2 is 1.94 bits per heavy atom. The molecule has 0 aliphatic carbocycles. The normalized spacial score (nSPS) is 13.0. The summed E-state index contributed by atoms with van der Waals surface area (Å²) in [5, 5.41) is 3.47. The van der Waals surface area contributed by atoms with E-state index in [2.05, 4.69) is 36.1 Å². The third-order valence-corrected chi connectivity index (χ3v) is 3.64. The minimum Gasteiger partial charge on any atom is -0.309 e. The third kappa shape index (κ3) is 4.94. The molecule has 90 valence electrons. The van der Waals surface area contributed by atoms with E-state index in [-0.39, 0.29) is 0 Å². The third-order valence-electron chi connectivity index (χ3n) is 2.17. The van der Waals surface area contributed by atoms with Crippen molar-refractivity contribution < 1.29 is 0 Å². The average molecular weight is 239 g/mol. The van der Waals surface area contributed by atoms with E-state index >= 15 is 0 Å². The first-order chi connectivity index (χ1) is 7.74. The zero-order valence-electron chi connectivity index (χ0n) is 10.3. The highest BCUT2D eigenvalue weighted by Crippen LogP contribution is 2.18. The predicted molar refractivity (Wildman–Crippen MR) is 70.6 cm³/mol. The fourth-order valence-corrected chi connectivity index (χ4v) is 2.59. The minimum absolute atomic E-state index is 0.370. The zero-order chi connectivity index (χ0) is 11.8. The van der Waals surface area contributed by atoms with Crippen LogP contribution in [0.2, 0.25) is 0 Å². The van der Waals surface area contributed by atoms with Gasteiger partial charge in [-0.1, -0.05) is 20.8 Å². The van der Waals surface area contributed by atoms with Crippen LogP contribution in [-0.2, 0) is 0 Å². The van der Waals surface area contributed by atoms with Crippen molar-refractivity contribution in [1.82, 2.24) is 15.3 Å². The van der Waals surface area contributed by atoms with Gasteiger partial charge < -0.3 is 5.32 Å². The number of rotatable bonds is 7. The molecule has 0 bridgehead atoms. The van der Waals surface area contributed by atoms with Crippen molar-refractivity contribution >= 4 is 11.8 Å². The van der Waals surface area contributed by atoms with Gasteiger partial charge in [0.15, 0.2) is 0 Å². The Labute approximate surface area is 102 Å².